The van der Waals surface area contributed by atoms with Crippen LogP contribution in [0.2, 0.25) is 0 Å². The van der Waals surface area contributed by atoms with E-state index in [9.17, 15) is 41.8 Å². The molecule has 4 rings (SSSR count). The highest BCUT2D eigenvalue weighted by molar-refractivity contribution is 6.10. The molecule has 12 heteroatoms. The zero-order valence-electron chi connectivity index (χ0n) is 17.3. The summed E-state index contributed by atoms with van der Waals surface area (Å²) in [6.07, 6.45) is -8.24. The standard InChI is InChI=1S/C21H18F5N3O4/c1-8-5-10(21(24,25)26)7-13(27-8)29-16(17(30)18(31)20(29)33)19(32)28(2)15-12(22)6-9-3-4-11(9)14(15)23/h5-7,16-18,30-31H,3-4H2,1-2H3. The summed E-state index contributed by atoms with van der Waals surface area (Å²) in [5.41, 5.74) is -1.38. The predicted molar refractivity (Wildman–Crippen MR) is 104 cm³/mol. The number of hydrogen-bond donors (Lipinski definition) is 2. The third-order valence-electron chi connectivity index (χ3n) is 5.88. The van der Waals surface area contributed by atoms with Crippen LogP contribution < -0.4 is 9.80 Å². The van der Waals surface area contributed by atoms with Gasteiger partial charge >= 0.3 is 6.18 Å². The maximum Gasteiger partial charge on any atom is 0.416 e. The highest BCUT2D eigenvalue weighted by atomic mass is 19.4. The second-order valence-electron chi connectivity index (χ2n) is 8.00. The van der Waals surface area contributed by atoms with E-state index >= 15 is 0 Å². The molecule has 7 nitrogen and oxygen atoms in total. The molecule has 2 aromatic rings. The fourth-order valence-corrected chi connectivity index (χ4v) is 4.09. The topological polar surface area (TPSA) is 94.0 Å². The van der Waals surface area contributed by atoms with Crippen LogP contribution in [-0.2, 0) is 28.6 Å². The van der Waals surface area contributed by atoms with Crippen LogP contribution in [-0.4, -0.2) is 52.3 Å². The Balaban J connectivity index is 1.78. The summed E-state index contributed by atoms with van der Waals surface area (Å²) in [5, 5.41) is 20.4. The summed E-state index contributed by atoms with van der Waals surface area (Å²) >= 11 is 0. The number of aliphatic hydroxyl groups excluding tert-OH is 2. The van der Waals surface area contributed by atoms with Gasteiger partial charge in [-0.25, -0.2) is 13.8 Å². The zero-order chi connectivity index (χ0) is 24.4. The average molecular weight is 471 g/mol. The average Bonchev–Trinajstić information content (AvgIpc) is 2.92. The monoisotopic (exact) mass is 471 g/mol. The molecule has 2 N–H and O–H groups in total. The number of halogens is 5. The van der Waals surface area contributed by atoms with Crippen LogP contribution >= 0.6 is 0 Å². The molecule has 2 amide bonds. The van der Waals surface area contributed by atoms with Crippen molar-refractivity contribution >= 4 is 23.3 Å². The lowest BCUT2D eigenvalue weighted by Crippen LogP contribution is -2.51. The number of benzene rings is 1. The number of alkyl halides is 3. The Morgan fingerprint density at radius 3 is 2.42 bits per heavy atom. The molecule has 2 heterocycles. The largest absolute Gasteiger partial charge is 0.416 e. The van der Waals surface area contributed by atoms with Crippen molar-refractivity contribution in [2.45, 2.75) is 44.2 Å². The minimum Gasteiger partial charge on any atom is -0.387 e. The summed E-state index contributed by atoms with van der Waals surface area (Å²) in [6.45, 7) is 1.22. The first-order chi connectivity index (χ1) is 15.3. The van der Waals surface area contributed by atoms with Gasteiger partial charge in [-0.3, -0.25) is 14.5 Å². The van der Waals surface area contributed by atoms with E-state index < -0.39 is 64.9 Å². The van der Waals surface area contributed by atoms with Gasteiger partial charge in [0.05, 0.1) is 5.56 Å². The van der Waals surface area contributed by atoms with Crippen molar-refractivity contribution in [1.82, 2.24) is 4.98 Å². The second-order valence-corrected chi connectivity index (χ2v) is 8.00. The van der Waals surface area contributed by atoms with Gasteiger partial charge in [-0.15, -0.1) is 0 Å². The molecule has 3 unspecified atom stereocenters. The van der Waals surface area contributed by atoms with Crippen LogP contribution in [0.25, 0.3) is 0 Å². The van der Waals surface area contributed by atoms with E-state index in [-0.39, 0.29) is 11.3 Å². The van der Waals surface area contributed by atoms with Gasteiger partial charge in [0.1, 0.15) is 29.5 Å². The van der Waals surface area contributed by atoms with E-state index in [1.165, 1.54) is 6.92 Å². The number of rotatable bonds is 3. The van der Waals surface area contributed by atoms with Crippen LogP contribution in [0.4, 0.5) is 33.5 Å². The van der Waals surface area contributed by atoms with Gasteiger partial charge in [0.25, 0.3) is 11.8 Å². The maximum atomic E-state index is 14.8. The minimum absolute atomic E-state index is 0.150. The van der Waals surface area contributed by atoms with Crippen molar-refractivity contribution in [3.63, 3.8) is 0 Å². The van der Waals surface area contributed by atoms with Crippen molar-refractivity contribution in [2.75, 3.05) is 16.8 Å². The lowest BCUT2D eigenvalue weighted by Gasteiger charge is -2.31. The van der Waals surface area contributed by atoms with Gasteiger partial charge in [0, 0.05) is 12.7 Å². The molecule has 1 saturated heterocycles. The Labute approximate surface area is 184 Å². The molecule has 33 heavy (non-hydrogen) atoms. The van der Waals surface area contributed by atoms with Crippen molar-refractivity contribution in [1.29, 1.82) is 0 Å². The number of pyridine rings is 1. The van der Waals surface area contributed by atoms with Gasteiger partial charge in [-0.1, -0.05) is 0 Å². The van der Waals surface area contributed by atoms with Gasteiger partial charge in [0.15, 0.2) is 11.9 Å². The van der Waals surface area contributed by atoms with E-state index in [0.29, 0.717) is 40.3 Å². The number of anilines is 2. The number of aromatic nitrogens is 1. The second kappa shape index (κ2) is 7.73. The SMILES string of the molecule is Cc1cc(C(F)(F)F)cc(N2C(=O)C(O)C(O)C2C(=O)N(C)c2c(F)cc3c(c2F)CC3)n1. The molecule has 0 saturated carbocycles. The number of hydrogen-bond acceptors (Lipinski definition) is 5. The van der Waals surface area contributed by atoms with Crippen LogP contribution in [0.3, 0.4) is 0 Å². The molecule has 0 bridgehead atoms. The molecule has 3 atom stereocenters. The molecule has 0 spiro atoms. The maximum absolute atomic E-state index is 14.8. The first-order valence-electron chi connectivity index (χ1n) is 9.85. The Morgan fingerprint density at radius 2 is 1.85 bits per heavy atom. The van der Waals surface area contributed by atoms with E-state index in [0.717, 1.165) is 13.1 Å². The number of aliphatic hydroxyl groups is 2. The molecule has 1 aliphatic heterocycles. The van der Waals surface area contributed by atoms with Gasteiger partial charge in [0.2, 0.25) is 0 Å². The van der Waals surface area contributed by atoms with E-state index in [4.69, 9.17) is 0 Å². The van der Waals surface area contributed by atoms with Crippen LogP contribution in [0.5, 0.6) is 0 Å². The summed E-state index contributed by atoms with van der Waals surface area (Å²) in [4.78, 5) is 30.6. The van der Waals surface area contributed by atoms with E-state index in [1.54, 1.807) is 0 Å². The Bertz CT molecular complexity index is 1170. The molecule has 2 aliphatic rings. The van der Waals surface area contributed by atoms with Crippen LogP contribution in [0.1, 0.15) is 22.4 Å². The van der Waals surface area contributed by atoms with E-state index in [2.05, 4.69) is 4.98 Å². The van der Waals surface area contributed by atoms with E-state index in [1.807, 2.05) is 0 Å². The lowest BCUT2D eigenvalue weighted by molar-refractivity contribution is -0.137. The molecular weight excluding hydrogens is 453 g/mol. The molecular formula is C21H18F5N3O4. The number of carbonyl (C=O) groups is 2. The number of likely N-dealkylation sites (N-methyl/N-ethyl adjacent to an activating group) is 1. The normalized spacial score (nSPS) is 22.3. The molecule has 0 radical (unpaired) electrons. The van der Waals surface area contributed by atoms with Crippen LogP contribution in [0, 0.1) is 18.6 Å². The quantitative estimate of drug-likeness (QED) is 0.667. The smallest absolute Gasteiger partial charge is 0.387 e. The third-order valence-corrected chi connectivity index (χ3v) is 5.88. The van der Waals surface area contributed by atoms with Crippen molar-refractivity contribution < 1.29 is 41.8 Å². The zero-order valence-corrected chi connectivity index (χ0v) is 17.3. The fourth-order valence-electron chi connectivity index (χ4n) is 4.09. The fraction of sp³-hybridized carbons (Fsp3) is 0.381. The van der Waals surface area contributed by atoms with Gasteiger partial charge in [-0.05, 0) is 49.1 Å². The summed E-state index contributed by atoms with van der Waals surface area (Å²) in [7, 11) is 1.000. The van der Waals surface area contributed by atoms with Gasteiger partial charge in [-0.2, -0.15) is 13.2 Å². The molecule has 1 aromatic carbocycles. The highest BCUT2D eigenvalue weighted by Gasteiger charge is 2.53. The molecule has 1 aromatic heterocycles. The number of aryl methyl sites for hydroxylation is 2. The van der Waals surface area contributed by atoms with Crippen LogP contribution in [0.15, 0.2) is 18.2 Å². The number of carbonyl (C=O) groups excluding carboxylic acids is 2. The summed E-state index contributed by atoms with van der Waals surface area (Å²) < 4.78 is 69.2. The number of amides is 2. The number of fused-ring (bicyclic) bond motifs is 1. The first-order valence-corrected chi connectivity index (χ1v) is 9.85. The van der Waals surface area contributed by atoms with Crippen molar-refractivity contribution in [2.24, 2.45) is 0 Å². The molecule has 1 fully saturated rings. The predicted octanol–water partition coefficient (Wildman–Crippen LogP) is 1.89. The van der Waals surface area contributed by atoms with Crippen molar-refractivity contribution in [3.05, 3.63) is 52.2 Å². The minimum atomic E-state index is -4.81. The Kier molecular flexibility index (Phi) is 5.40. The number of nitrogens with zero attached hydrogens (tertiary/aromatic N) is 3. The first kappa shape index (κ1) is 23.1. The summed E-state index contributed by atoms with van der Waals surface area (Å²) in [5.74, 6) is -5.18. The molecule has 176 valence electrons. The Hall–Kier alpha value is -3.12. The summed E-state index contributed by atoms with van der Waals surface area (Å²) in [6, 6.07) is 0.300. The third kappa shape index (κ3) is 3.62. The lowest BCUT2D eigenvalue weighted by atomic mass is 9.87. The molecule has 1 aliphatic carbocycles. The van der Waals surface area contributed by atoms with Crippen molar-refractivity contribution in [3.8, 4) is 0 Å². The highest BCUT2D eigenvalue weighted by Crippen LogP contribution is 2.37. The van der Waals surface area contributed by atoms with Gasteiger partial charge < -0.3 is 15.1 Å². The Morgan fingerprint density at radius 1 is 1.18 bits per heavy atom.